The molecule has 0 atom stereocenters. The van der Waals surface area contributed by atoms with E-state index in [0.717, 1.165) is 23.1 Å². The van der Waals surface area contributed by atoms with Gasteiger partial charge in [-0.25, -0.2) is 4.99 Å². The molecule has 2 nitrogen and oxygen atoms in total. The molecule has 4 heteroatoms. The molecule has 0 saturated heterocycles. The van der Waals surface area contributed by atoms with Crippen molar-refractivity contribution in [2.75, 3.05) is 0 Å². The molecular weight excluding hydrogens is 335 g/mol. The zero-order chi connectivity index (χ0) is 11.1. The topological polar surface area (TPSA) is 15.6 Å². The van der Waals surface area contributed by atoms with Crippen LogP contribution in [0.1, 0.15) is 5.56 Å². The summed E-state index contributed by atoms with van der Waals surface area (Å²) in [6, 6.07) is 3.90. The van der Waals surface area contributed by atoms with E-state index in [1.54, 1.807) is 0 Å². The standard InChI is InChI=1S/C12H8ClIN2/c13-8-5-10(14)9-7-16-4-2-1-3-12(16)15-11(9)6-8/h1-6H,7H2. The molecule has 3 rings (SSSR count). The van der Waals surface area contributed by atoms with Crippen molar-refractivity contribution in [3.05, 3.63) is 50.7 Å². The molecule has 0 unspecified atom stereocenters. The third kappa shape index (κ3) is 1.68. The lowest BCUT2D eigenvalue weighted by atomic mass is 10.1. The molecule has 0 aliphatic carbocycles. The van der Waals surface area contributed by atoms with E-state index in [-0.39, 0.29) is 0 Å². The number of halogens is 2. The molecular formula is C12H8ClIN2. The van der Waals surface area contributed by atoms with Crippen molar-refractivity contribution in [1.29, 1.82) is 0 Å². The maximum atomic E-state index is 6.04. The minimum absolute atomic E-state index is 0.747. The highest BCUT2D eigenvalue weighted by Gasteiger charge is 2.19. The van der Waals surface area contributed by atoms with Gasteiger partial charge in [0.1, 0.15) is 5.84 Å². The molecule has 0 bridgehead atoms. The lowest BCUT2D eigenvalue weighted by Gasteiger charge is -2.28. The minimum atomic E-state index is 0.747. The fourth-order valence-electron chi connectivity index (χ4n) is 1.84. The summed E-state index contributed by atoms with van der Waals surface area (Å²) in [5.74, 6) is 0.980. The van der Waals surface area contributed by atoms with Crippen molar-refractivity contribution in [2.45, 2.75) is 6.54 Å². The van der Waals surface area contributed by atoms with Gasteiger partial charge in [-0.2, -0.15) is 0 Å². The van der Waals surface area contributed by atoms with Gasteiger partial charge in [-0.05, 0) is 46.9 Å². The third-order valence-corrected chi connectivity index (χ3v) is 3.80. The lowest BCUT2D eigenvalue weighted by molar-refractivity contribution is 0.543. The monoisotopic (exact) mass is 342 g/mol. The summed E-state index contributed by atoms with van der Waals surface area (Å²) in [7, 11) is 0. The summed E-state index contributed by atoms with van der Waals surface area (Å²) >= 11 is 8.35. The van der Waals surface area contributed by atoms with Crippen LogP contribution in [0.4, 0.5) is 5.69 Å². The molecule has 1 aromatic carbocycles. The summed E-state index contributed by atoms with van der Waals surface area (Å²) < 4.78 is 1.17. The van der Waals surface area contributed by atoms with E-state index in [2.05, 4.69) is 32.5 Å². The van der Waals surface area contributed by atoms with Crippen molar-refractivity contribution in [3.8, 4) is 0 Å². The van der Waals surface area contributed by atoms with Gasteiger partial charge in [0.05, 0.1) is 12.2 Å². The van der Waals surface area contributed by atoms with E-state index in [9.17, 15) is 0 Å². The zero-order valence-electron chi connectivity index (χ0n) is 8.32. The number of fused-ring (bicyclic) bond motifs is 2. The molecule has 2 aliphatic rings. The number of amidine groups is 1. The average molecular weight is 343 g/mol. The molecule has 0 aromatic heterocycles. The summed E-state index contributed by atoms with van der Waals surface area (Å²) in [6.07, 6.45) is 8.08. The minimum Gasteiger partial charge on any atom is -0.328 e. The van der Waals surface area contributed by atoms with Gasteiger partial charge in [-0.1, -0.05) is 17.7 Å². The maximum Gasteiger partial charge on any atom is 0.133 e. The van der Waals surface area contributed by atoms with E-state index >= 15 is 0 Å². The summed E-state index contributed by atoms with van der Waals surface area (Å²) in [4.78, 5) is 6.74. The molecule has 0 N–H and O–H groups in total. The van der Waals surface area contributed by atoms with Crippen LogP contribution in [0.15, 0.2) is 41.6 Å². The van der Waals surface area contributed by atoms with Crippen molar-refractivity contribution >= 4 is 45.7 Å². The van der Waals surface area contributed by atoms with Crippen molar-refractivity contribution in [3.63, 3.8) is 0 Å². The Kier molecular flexibility index (Phi) is 2.52. The Hall–Kier alpha value is -0.810. The van der Waals surface area contributed by atoms with Gasteiger partial charge in [-0.3, -0.25) is 0 Å². The molecule has 2 aliphatic heterocycles. The van der Waals surface area contributed by atoms with E-state index in [1.807, 2.05) is 36.6 Å². The summed E-state index contributed by atoms with van der Waals surface area (Å²) in [5.41, 5.74) is 2.23. The van der Waals surface area contributed by atoms with E-state index < -0.39 is 0 Å². The largest absolute Gasteiger partial charge is 0.328 e. The molecule has 2 heterocycles. The average Bonchev–Trinajstić information content (AvgIpc) is 2.27. The normalized spacial score (nSPS) is 16.9. The SMILES string of the molecule is Clc1cc(I)c2c(c1)N=C1C=CC=CN1C2. The fraction of sp³-hybridized carbons (Fsp3) is 0.0833. The second kappa shape index (κ2) is 3.89. The second-order valence-corrected chi connectivity index (χ2v) is 5.28. The molecule has 80 valence electrons. The number of rotatable bonds is 0. The Morgan fingerprint density at radius 2 is 2.19 bits per heavy atom. The van der Waals surface area contributed by atoms with Gasteiger partial charge in [-0.15, -0.1) is 0 Å². The van der Waals surface area contributed by atoms with Gasteiger partial charge in [0.15, 0.2) is 0 Å². The van der Waals surface area contributed by atoms with Crippen LogP contribution in [0.3, 0.4) is 0 Å². The van der Waals surface area contributed by atoms with E-state index in [0.29, 0.717) is 0 Å². The number of hydrogen-bond acceptors (Lipinski definition) is 2. The Bertz CT molecular complexity index is 546. The zero-order valence-corrected chi connectivity index (χ0v) is 11.2. The van der Waals surface area contributed by atoms with Crippen molar-refractivity contribution < 1.29 is 0 Å². The first-order valence-electron chi connectivity index (χ1n) is 4.92. The lowest BCUT2D eigenvalue weighted by Crippen LogP contribution is -2.28. The van der Waals surface area contributed by atoms with Gasteiger partial charge < -0.3 is 4.90 Å². The number of hydrogen-bond donors (Lipinski definition) is 0. The fourth-order valence-corrected chi connectivity index (χ4v) is 3.02. The maximum absolute atomic E-state index is 6.04. The molecule has 1 aromatic rings. The van der Waals surface area contributed by atoms with Crippen LogP contribution in [-0.4, -0.2) is 10.7 Å². The van der Waals surface area contributed by atoms with Gasteiger partial charge in [0.25, 0.3) is 0 Å². The first-order valence-corrected chi connectivity index (χ1v) is 6.38. The van der Waals surface area contributed by atoms with Crippen LogP contribution in [0, 0.1) is 3.57 Å². The van der Waals surface area contributed by atoms with Crippen molar-refractivity contribution in [2.24, 2.45) is 4.99 Å². The number of nitrogens with zero attached hydrogens (tertiary/aromatic N) is 2. The predicted molar refractivity (Wildman–Crippen MR) is 75.1 cm³/mol. The number of benzene rings is 1. The number of aliphatic imine (C=N–C) groups is 1. The highest BCUT2D eigenvalue weighted by atomic mass is 127. The Morgan fingerprint density at radius 1 is 1.31 bits per heavy atom. The molecule has 16 heavy (non-hydrogen) atoms. The van der Waals surface area contributed by atoms with Gasteiger partial charge in [0, 0.05) is 20.4 Å². The molecule has 0 fully saturated rings. The van der Waals surface area contributed by atoms with E-state index in [4.69, 9.17) is 11.6 Å². The molecule has 0 radical (unpaired) electrons. The first-order chi connectivity index (χ1) is 7.74. The highest BCUT2D eigenvalue weighted by Crippen LogP contribution is 2.34. The second-order valence-electron chi connectivity index (χ2n) is 3.68. The molecule has 0 saturated carbocycles. The van der Waals surface area contributed by atoms with Gasteiger partial charge >= 0.3 is 0 Å². The molecule has 0 amide bonds. The van der Waals surface area contributed by atoms with Crippen LogP contribution in [0.5, 0.6) is 0 Å². The van der Waals surface area contributed by atoms with Crippen LogP contribution in [-0.2, 0) is 6.54 Å². The quantitative estimate of drug-likeness (QED) is 0.654. The highest BCUT2D eigenvalue weighted by molar-refractivity contribution is 14.1. The summed E-state index contributed by atoms with van der Waals surface area (Å²) in [6.45, 7) is 0.866. The Balaban J connectivity index is 2.17. The van der Waals surface area contributed by atoms with E-state index in [1.165, 1.54) is 9.13 Å². The van der Waals surface area contributed by atoms with Gasteiger partial charge in [0.2, 0.25) is 0 Å². The molecule has 0 spiro atoms. The predicted octanol–water partition coefficient (Wildman–Crippen LogP) is 3.87. The van der Waals surface area contributed by atoms with Crippen molar-refractivity contribution in [1.82, 2.24) is 4.90 Å². The Labute approximate surface area is 112 Å². The van der Waals surface area contributed by atoms with Crippen LogP contribution in [0.25, 0.3) is 0 Å². The summed E-state index contributed by atoms with van der Waals surface area (Å²) in [5, 5.41) is 0.747. The first kappa shape index (κ1) is 10.4. The van der Waals surface area contributed by atoms with Crippen LogP contribution in [0.2, 0.25) is 5.02 Å². The number of allylic oxidation sites excluding steroid dienone is 2. The Morgan fingerprint density at radius 3 is 3.06 bits per heavy atom. The smallest absolute Gasteiger partial charge is 0.133 e. The van der Waals surface area contributed by atoms with Crippen LogP contribution < -0.4 is 0 Å². The third-order valence-electron chi connectivity index (χ3n) is 2.62. The van der Waals surface area contributed by atoms with Crippen LogP contribution >= 0.6 is 34.2 Å².